The van der Waals surface area contributed by atoms with Crippen LogP contribution >= 0.6 is 0 Å². The van der Waals surface area contributed by atoms with Crippen LogP contribution in [0.4, 0.5) is 18.9 Å². The lowest BCUT2D eigenvalue weighted by molar-refractivity contribution is -0.137. The number of nitrogens with one attached hydrogen (secondary N) is 1. The largest absolute Gasteiger partial charge is 0.418 e. The van der Waals surface area contributed by atoms with Crippen molar-refractivity contribution in [2.75, 3.05) is 11.9 Å². The zero-order valence-electron chi connectivity index (χ0n) is 10.6. The Kier molecular flexibility index (Phi) is 5.35. The molecule has 0 aromatic heterocycles. The van der Waals surface area contributed by atoms with Crippen molar-refractivity contribution in [3.63, 3.8) is 0 Å². The number of hydrogen-bond donors (Lipinski definition) is 2. The molecule has 0 fully saturated rings. The summed E-state index contributed by atoms with van der Waals surface area (Å²) in [6.07, 6.45) is -3.77. The van der Waals surface area contributed by atoms with Crippen molar-refractivity contribution in [3.05, 3.63) is 29.8 Å². The summed E-state index contributed by atoms with van der Waals surface area (Å²) >= 11 is 0. The van der Waals surface area contributed by atoms with Crippen LogP contribution in [0.5, 0.6) is 0 Å². The first-order valence-corrected chi connectivity index (χ1v) is 6.00. The zero-order valence-corrected chi connectivity index (χ0v) is 10.6. The lowest BCUT2D eigenvalue weighted by atomic mass is 10.1. The van der Waals surface area contributed by atoms with Gasteiger partial charge in [0.05, 0.1) is 11.3 Å². The van der Waals surface area contributed by atoms with E-state index in [9.17, 15) is 18.0 Å². The smallest absolute Gasteiger partial charge is 0.330 e. The lowest BCUT2D eigenvalue weighted by Gasteiger charge is -2.14. The minimum atomic E-state index is -4.48. The zero-order chi connectivity index (χ0) is 14.5. The Labute approximate surface area is 110 Å². The van der Waals surface area contributed by atoms with Gasteiger partial charge in [-0.3, -0.25) is 4.79 Å². The molecule has 0 saturated heterocycles. The highest BCUT2D eigenvalue weighted by molar-refractivity contribution is 5.91. The number of anilines is 1. The minimum Gasteiger partial charge on any atom is -0.330 e. The number of carbonyl (C=O) groups excluding carboxylic acids is 1. The number of hydrogen-bond acceptors (Lipinski definition) is 2. The molecule has 6 heteroatoms. The third kappa shape index (κ3) is 4.90. The third-order valence-corrected chi connectivity index (χ3v) is 2.77. The van der Waals surface area contributed by atoms with Crippen LogP contribution < -0.4 is 11.1 Å². The Hall–Kier alpha value is -1.56. The predicted molar refractivity (Wildman–Crippen MR) is 67.5 cm³/mol. The number of rotatable bonds is 5. The molecule has 19 heavy (non-hydrogen) atoms. The van der Waals surface area contributed by atoms with Gasteiger partial charge in [-0.15, -0.1) is 0 Å². The van der Waals surface area contributed by atoms with E-state index in [4.69, 9.17) is 5.73 Å². The number of nitrogens with two attached hydrogens (primary N) is 1. The minimum absolute atomic E-state index is 0.157. The van der Waals surface area contributed by atoms with E-state index in [0.29, 0.717) is 13.0 Å². The van der Waals surface area contributed by atoms with E-state index in [0.717, 1.165) is 6.07 Å². The van der Waals surface area contributed by atoms with Gasteiger partial charge in [0.2, 0.25) is 5.91 Å². The van der Waals surface area contributed by atoms with Gasteiger partial charge in [0, 0.05) is 6.42 Å². The van der Waals surface area contributed by atoms with E-state index in [1.165, 1.54) is 18.2 Å². The van der Waals surface area contributed by atoms with Crippen LogP contribution in [0.2, 0.25) is 0 Å². The average molecular weight is 274 g/mol. The highest BCUT2D eigenvalue weighted by Gasteiger charge is 2.33. The van der Waals surface area contributed by atoms with E-state index in [1.54, 1.807) is 0 Å². The number of alkyl halides is 3. The molecule has 3 N–H and O–H groups in total. The molecule has 1 aromatic carbocycles. The van der Waals surface area contributed by atoms with Crippen molar-refractivity contribution in [1.29, 1.82) is 0 Å². The number of para-hydroxylation sites is 1. The second-order valence-electron chi connectivity index (χ2n) is 4.47. The molecule has 1 rings (SSSR count). The first-order chi connectivity index (χ1) is 8.84. The highest BCUT2D eigenvalue weighted by atomic mass is 19.4. The monoisotopic (exact) mass is 274 g/mol. The number of benzene rings is 1. The quantitative estimate of drug-likeness (QED) is 0.867. The standard InChI is InChI=1S/C13H17F3N2O/c1-9(8-17)6-7-12(19)18-11-5-3-2-4-10(11)13(14,15)16/h2-5,9H,6-8,17H2,1H3,(H,18,19). The molecule has 1 atom stereocenters. The fourth-order valence-electron chi connectivity index (χ4n) is 1.55. The van der Waals surface area contributed by atoms with Crippen molar-refractivity contribution >= 4 is 11.6 Å². The summed E-state index contributed by atoms with van der Waals surface area (Å²) in [5.41, 5.74) is 4.37. The molecule has 1 aromatic rings. The van der Waals surface area contributed by atoms with Gasteiger partial charge in [0.1, 0.15) is 0 Å². The average Bonchev–Trinajstić information content (AvgIpc) is 2.35. The Morgan fingerprint density at radius 1 is 1.37 bits per heavy atom. The Balaban J connectivity index is 2.70. The number of halogens is 3. The molecular weight excluding hydrogens is 257 g/mol. The molecule has 106 valence electrons. The van der Waals surface area contributed by atoms with Gasteiger partial charge in [-0.1, -0.05) is 19.1 Å². The van der Waals surface area contributed by atoms with Crippen LogP contribution in [0.3, 0.4) is 0 Å². The topological polar surface area (TPSA) is 55.1 Å². The van der Waals surface area contributed by atoms with Crippen LogP contribution in [-0.4, -0.2) is 12.5 Å². The predicted octanol–water partition coefficient (Wildman–Crippen LogP) is 3.02. The first kappa shape index (κ1) is 15.5. The van der Waals surface area contributed by atoms with Crippen LogP contribution in [0, 0.1) is 5.92 Å². The van der Waals surface area contributed by atoms with Crippen molar-refractivity contribution in [2.45, 2.75) is 25.9 Å². The highest BCUT2D eigenvalue weighted by Crippen LogP contribution is 2.34. The molecule has 3 nitrogen and oxygen atoms in total. The van der Waals surface area contributed by atoms with Crippen LogP contribution in [0.1, 0.15) is 25.3 Å². The summed E-state index contributed by atoms with van der Waals surface area (Å²) in [5, 5.41) is 2.30. The fraction of sp³-hybridized carbons (Fsp3) is 0.462. The third-order valence-electron chi connectivity index (χ3n) is 2.77. The van der Waals surface area contributed by atoms with Gasteiger partial charge < -0.3 is 11.1 Å². The Bertz CT molecular complexity index is 432. The van der Waals surface area contributed by atoms with Gasteiger partial charge in [-0.2, -0.15) is 13.2 Å². The molecule has 0 aliphatic rings. The summed E-state index contributed by atoms with van der Waals surface area (Å²) in [6, 6.07) is 4.92. The van der Waals surface area contributed by atoms with Gasteiger partial charge in [0.15, 0.2) is 0 Å². The van der Waals surface area contributed by atoms with Crippen molar-refractivity contribution < 1.29 is 18.0 Å². The molecule has 0 saturated carbocycles. The summed E-state index contributed by atoms with van der Waals surface area (Å²) in [4.78, 5) is 11.6. The molecule has 0 radical (unpaired) electrons. The van der Waals surface area contributed by atoms with E-state index >= 15 is 0 Å². The lowest BCUT2D eigenvalue weighted by Crippen LogP contribution is -2.18. The first-order valence-electron chi connectivity index (χ1n) is 6.00. The summed E-state index contributed by atoms with van der Waals surface area (Å²) in [7, 11) is 0. The van der Waals surface area contributed by atoms with Crippen LogP contribution in [-0.2, 0) is 11.0 Å². The van der Waals surface area contributed by atoms with Crippen molar-refractivity contribution in [1.82, 2.24) is 0 Å². The second-order valence-corrected chi connectivity index (χ2v) is 4.47. The summed E-state index contributed by atoms with van der Waals surface area (Å²) in [6.45, 7) is 2.34. The molecule has 1 amide bonds. The number of carbonyl (C=O) groups is 1. The normalized spacial score (nSPS) is 13.1. The van der Waals surface area contributed by atoms with Crippen molar-refractivity contribution in [3.8, 4) is 0 Å². The van der Waals surface area contributed by atoms with Gasteiger partial charge in [-0.05, 0) is 31.0 Å². The summed E-state index contributed by atoms with van der Waals surface area (Å²) in [5.74, 6) is -0.263. The van der Waals surface area contributed by atoms with E-state index < -0.39 is 17.6 Å². The molecule has 1 unspecified atom stereocenters. The summed E-state index contributed by atoms with van der Waals surface area (Å²) < 4.78 is 38.1. The molecule has 0 aliphatic carbocycles. The maximum absolute atomic E-state index is 12.7. The van der Waals surface area contributed by atoms with E-state index in [-0.39, 0.29) is 18.0 Å². The van der Waals surface area contributed by atoms with Gasteiger partial charge in [0.25, 0.3) is 0 Å². The van der Waals surface area contributed by atoms with E-state index in [1.807, 2.05) is 6.92 Å². The van der Waals surface area contributed by atoms with Gasteiger partial charge >= 0.3 is 6.18 Å². The molecule has 0 aliphatic heterocycles. The maximum Gasteiger partial charge on any atom is 0.418 e. The SMILES string of the molecule is CC(CN)CCC(=O)Nc1ccccc1C(F)(F)F. The Morgan fingerprint density at radius 3 is 2.58 bits per heavy atom. The maximum atomic E-state index is 12.7. The van der Waals surface area contributed by atoms with Crippen LogP contribution in [0.15, 0.2) is 24.3 Å². The van der Waals surface area contributed by atoms with Crippen molar-refractivity contribution in [2.24, 2.45) is 11.7 Å². The molecule has 0 heterocycles. The van der Waals surface area contributed by atoms with E-state index in [2.05, 4.69) is 5.32 Å². The molecule has 0 bridgehead atoms. The second kappa shape index (κ2) is 6.56. The molecule has 0 spiro atoms. The molecular formula is C13H17F3N2O. The van der Waals surface area contributed by atoms with Crippen LogP contribution in [0.25, 0.3) is 0 Å². The fourth-order valence-corrected chi connectivity index (χ4v) is 1.55. The van der Waals surface area contributed by atoms with Gasteiger partial charge in [-0.25, -0.2) is 0 Å². The Morgan fingerprint density at radius 2 is 2.00 bits per heavy atom. The number of amides is 1.